The minimum atomic E-state index is -0.0710. The molecule has 0 radical (unpaired) electrons. The molecule has 1 saturated heterocycles. The van der Waals surface area contributed by atoms with Crippen LogP contribution in [0.3, 0.4) is 0 Å². The minimum absolute atomic E-state index is 0.0710. The first-order valence-corrected chi connectivity index (χ1v) is 10.8. The van der Waals surface area contributed by atoms with Crippen molar-refractivity contribution in [3.8, 4) is 5.69 Å². The van der Waals surface area contributed by atoms with Crippen LogP contribution in [0.15, 0.2) is 119 Å². The van der Waals surface area contributed by atoms with E-state index >= 15 is 0 Å². The van der Waals surface area contributed by atoms with E-state index in [0.717, 1.165) is 22.6 Å². The third-order valence-corrected chi connectivity index (χ3v) is 5.84. The summed E-state index contributed by atoms with van der Waals surface area (Å²) < 4.78 is 2.05. The fourth-order valence-corrected chi connectivity index (χ4v) is 4.38. The van der Waals surface area contributed by atoms with Crippen LogP contribution < -0.4 is 4.90 Å². The normalized spacial score (nSPS) is 16.4. The highest BCUT2D eigenvalue weighted by Crippen LogP contribution is 2.37. The van der Waals surface area contributed by atoms with Gasteiger partial charge in [0.25, 0.3) is 5.91 Å². The third-order valence-electron chi connectivity index (χ3n) is 4.87. The average Bonchev–Trinajstić information content (AvgIpc) is 3.40. The van der Waals surface area contributed by atoms with E-state index in [4.69, 9.17) is 4.99 Å². The van der Waals surface area contributed by atoms with E-state index in [2.05, 4.69) is 0 Å². The van der Waals surface area contributed by atoms with Gasteiger partial charge >= 0.3 is 0 Å². The Hall–Kier alpha value is -3.83. The number of benzene rings is 3. The van der Waals surface area contributed by atoms with Crippen LogP contribution in [-0.2, 0) is 4.79 Å². The lowest BCUT2D eigenvalue weighted by Gasteiger charge is -2.15. The molecule has 0 saturated carbocycles. The van der Waals surface area contributed by atoms with Crippen LogP contribution in [0.25, 0.3) is 11.8 Å². The summed E-state index contributed by atoms with van der Waals surface area (Å²) in [6, 6.07) is 31.5. The molecule has 1 aromatic heterocycles. The molecule has 1 aliphatic heterocycles. The van der Waals surface area contributed by atoms with Crippen LogP contribution in [0, 0.1) is 0 Å². The lowest BCUT2D eigenvalue weighted by atomic mass is 10.2. The number of carbonyl (C=O) groups excluding carboxylic acids is 1. The van der Waals surface area contributed by atoms with Gasteiger partial charge < -0.3 is 4.57 Å². The second kappa shape index (κ2) is 8.50. The van der Waals surface area contributed by atoms with Crippen LogP contribution in [0.4, 0.5) is 11.4 Å². The molecule has 0 unspecified atom stereocenters. The fraction of sp³-hybridized carbons (Fsp3) is 0. The number of hydrogen-bond donors (Lipinski definition) is 0. The van der Waals surface area contributed by atoms with E-state index in [1.54, 1.807) is 4.90 Å². The highest BCUT2D eigenvalue weighted by molar-refractivity contribution is 8.19. The first kappa shape index (κ1) is 19.2. The second-order valence-electron chi connectivity index (χ2n) is 7.00. The molecular weight excluding hydrogens is 402 g/mol. The monoisotopic (exact) mass is 421 g/mol. The molecule has 1 aliphatic rings. The van der Waals surface area contributed by atoms with Gasteiger partial charge in [0.1, 0.15) is 0 Å². The quantitative estimate of drug-likeness (QED) is 0.363. The molecule has 5 heteroatoms. The van der Waals surface area contributed by atoms with Gasteiger partial charge in [-0.2, -0.15) is 0 Å². The molecule has 3 aromatic carbocycles. The van der Waals surface area contributed by atoms with Gasteiger partial charge in [0.15, 0.2) is 5.17 Å². The van der Waals surface area contributed by atoms with Crippen LogP contribution >= 0.6 is 11.8 Å². The summed E-state index contributed by atoms with van der Waals surface area (Å²) in [5, 5.41) is 0.649. The Kier molecular flexibility index (Phi) is 5.25. The van der Waals surface area contributed by atoms with Crippen LogP contribution in [0.2, 0.25) is 0 Å². The van der Waals surface area contributed by atoms with E-state index in [1.807, 2.05) is 120 Å². The molecule has 4 aromatic rings. The summed E-state index contributed by atoms with van der Waals surface area (Å²) in [5.41, 5.74) is 3.67. The Morgan fingerprint density at radius 3 is 2.03 bits per heavy atom. The van der Waals surface area contributed by atoms with Crippen molar-refractivity contribution in [1.29, 1.82) is 0 Å². The van der Waals surface area contributed by atoms with E-state index in [0.29, 0.717) is 10.1 Å². The number of amides is 1. The van der Waals surface area contributed by atoms with E-state index in [-0.39, 0.29) is 5.91 Å². The molecule has 5 rings (SSSR count). The van der Waals surface area contributed by atoms with Crippen LogP contribution in [0.1, 0.15) is 5.56 Å². The molecule has 4 nitrogen and oxygen atoms in total. The number of rotatable bonds is 4. The number of nitrogens with zero attached hydrogens (tertiary/aromatic N) is 3. The van der Waals surface area contributed by atoms with Crippen molar-refractivity contribution in [2.24, 2.45) is 4.99 Å². The van der Waals surface area contributed by atoms with Gasteiger partial charge in [0.2, 0.25) is 0 Å². The predicted octanol–water partition coefficient (Wildman–Crippen LogP) is 6.29. The number of amidine groups is 1. The summed E-state index contributed by atoms with van der Waals surface area (Å²) in [5.74, 6) is -0.0710. The SMILES string of the molecule is O=C1/C(=C\c2ccn(-c3ccccc3)c2)SC(=Nc2ccccc2)N1c1ccccc1. The van der Waals surface area contributed by atoms with Gasteiger partial charge in [-0.05, 0) is 65.9 Å². The zero-order valence-electron chi connectivity index (χ0n) is 16.6. The number of thioether (sulfide) groups is 1. The number of aromatic nitrogens is 1. The van der Waals surface area contributed by atoms with E-state index < -0.39 is 0 Å². The van der Waals surface area contributed by atoms with Crippen molar-refractivity contribution in [3.63, 3.8) is 0 Å². The molecule has 0 atom stereocenters. The second-order valence-corrected chi connectivity index (χ2v) is 8.01. The highest BCUT2D eigenvalue weighted by atomic mass is 32.2. The Morgan fingerprint density at radius 1 is 0.742 bits per heavy atom. The predicted molar refractivity (Wildman–Crippen MR) is 129 cm³/mol. The Bertz CT molecular complexity index is 1260. The van der Waals surface area contributed by atoms with Gasteiger partial charge in [0, 0.05) is 18.1 Å². The molecule has 0 N–H and O–H groups in total. The lowest BCUT2D eigenvalue weighted by molar-refractivity contribution is -0.113. The lowest BCUT2D eigenvalue weighted by Crippen LogP contribution is -2.28. The summed E-state index contributed by atoms with van der Waals surface area (Å²) in [7, 11) is 0. The largest absolute Gasteiger partial charge is 0.323 e. The smallest absolute Gasteiger partial charge is 0.271 e. The Labute approximate surface area is 185 Å². The summed E-state index contributed by atoms with van der Waals surface area (Å²) in [6.07, 6.45) is 5.95. The number of para-hydroxylation sites is 3. The number of hydrogen-bond acceptors (Lipinski definition) is 3. The molecule has 1 amide bonds. The highest BCUT2D eigenvalue weighted by Gasteiger charge is 2.34. The average molecular weight is 422 g/mol. The first-order valence-electron chi connectivity index (χ1n) is 9.94. The zero-order chi connectivity index (χ0) is 21.0. The number of aliphatic imine (C=N–C) groups is 1. The summed E-state index contributed by atoms with van der Waals surface area (Å²) in [4.78, 5) is 20.4. The summed E-state index contributed by atoms with van der Waals surface area (Å²) in [6.45, 7) is 0. The molecule has 0 bridgehead atoms. The first-order chi connectivity index (χ1) is 15.3. The van der Waals surface area contributed by atoms with Crippen molar-refractivity contribution < 1.29 is 4.79 Å². The van der Waals surface area contributed by atoms with Crippen molar-refractivity contribution in [2.75, 3.05) is 4.90 Å². The summed E-state index contributed by atoms with van der Waals surface area (Å²) >= 11 is 1.39. The van der Waals surface area contributed by atoms with E-state index in [9.17, 15) is 4.79 Å². The third kappa shape index (κ3) is 4.09. The van der Waals surface area contributed by atoms with Crippen LogP contribution in [-0.4, -0.2) is 15.6 Å². The maximum Gasteiger partial charge on any atom is 0.271 e. The number of carbonyl (C=O) groups is 1. The maximum absolute atomic E-state index is 13.3. The molecule has 0 aliphatic carbocycles. The van der Waals surface area contributed by atoms with Crippen molar-refractivity contribution >= 4 is 40.3 Å². The minimum Gasteiger partial charge on any atom is -0.323 e. The van der Waals surface area contributed by atoms with Gasteiger partial charge in [-0.3, -0.25) is 9.69 Å². The molecule has 0 spiro atoms. The topological polar surface area (TPSA) is 37.6 Å². The van der Waals surface area contributed by atoms with Gasteiger partial charge in [-0.25, -0.2) is 4.99 Å². The van der Waals surface area contributed by atoms with Gasteiger partial charge in [-0.15, -0.1) is 0 Å². The fourth-order valence-electron chi connectivity index (χ4n) is 3.38. The maximum atomic E-state index is 13.3. The molecule has 150 valence electrons. The van der Waals surface area contributed by atoms with Gasteiger partial charge in [0.05, 0.1) is 16.3 Å². The van der Waals surface area contributed by atoms with Crippen molar-refractivity contribution in [3.05, 3.63) is 120 Å². The van der Waals surface area contributed by atoms with E-state index in [1.165, 1.54) is 11.8 Å². The van der Waals surface area contributed by atoms with Crippen LogP contribution in [0.5, 0.6) is 0 Å². The molecule has 1 fully saturated rings. The zero-order valence-corrected chi connectivity index (χ0v) is 17.4. The number of anilines is 1. The molecular formula is C26H19N3OS. The molecule has 2 heterocycles. The van der Waals surface area contributed by atoms with Crippen molar-refractivity contribution in [2.45, 2.75) is 0 Å². The molecule has 31 heavy (non-hydrogen) atoms. The van der Waals surface area contributed by atoms with Crippen molar-refractivity contribution in [1.82, 2.24) is 4.57 Å². The van der Waals surface area contributed by atoms with Gasteiger partial charge in [-0.1, -0.05) is 54.6 Å². The standard InChI is InChI=1S/C26H19N3OS/c30-25-24(18-20-16-17-28(19-20)22-12-6-2-7-13-22)31-26(27-21-10-4-1-5-11-21)29(25)23-14-8-3-9-15-23/h1-19H/b24-18+,27-26?. The Morgan fingerprint density at radius 2 is 1.35 bits per heavy atom. The Balaban J connectivity index is 1.51.